The van der Waals surface area contributed by atoms with E-state index >= 15 is 0 Å². The van der Waals surface area contributed by atoms with Gasteiger partial charge in [-0.15, -0.1) is 0 Å². The molecular formula is C9H12F2N2. The van der Waals surface area contributed by atoms with E-state index in [0.717, 1.165) is 0 Å². The monoisotopic (exact) mass is 186 g/mol. The van der Waals surface area contributed by atoms with Gasteiger partial charge >= 0.3 is 0 Å². The summed E-state index contributed by atoms with van der Waals surface area (Å²) in [6.45, 7) is 0.347. The molecule has 72 valence electrons. The van der Waals surface area contributed by atoms with Crippen molar-refractivity contribution in [1.82, 2.24) is 9.78 Å². The van der Waals surface area contributed by atoms with E-state index < -0.39 is 11.8 Å². The molecule has 0 saturated heterocycles. The largest absolute Gasteiger partial charge is 0.272 e. The van der Waals surface area contributed by atoms with Gasteiger partial charge in [-0.3, -0.25) is 4.68 Å². The lowest BCUT2D eigenvalue weighted by Crippen LogP contribution is -2.26. The van der Waals surface area contributed by atoms with Crippen molar-refractivity contribution in [3.05, 3.63) is 18.5 Å². The van der Waals surface area contributed by atoms with Gasteiger partial charge < -0.3 is 0 Å². The van der Waals surface area contributed by atoms with Crippen molar-refractivity contribution in [2.75, 3.05) is 0 Å². The van der Waals surface area contributed by atoms with E-state index in [4.69, 9.17) is 0 Å². The Morgan fingerprint density at radius 3 is 2.92 bits per heavy atom. The zero-order valence-electron chi connectivity index (χ0n) is 7.29. The van der Waals surface area contributed by atoms with Gasteiger partial charge in [0.2, 0.25) is 0 Å². The van der Waals surface area contributed by atoms with Crippen molar-refractivity contribution >= 4 is 0 Å². The van der Waals surface area contributed by atoms with Crippen LogP contribution in [0.1, 0.15) is 19.3 Å². The highest BCUT2D eigenvalue weighted by Crippen LogP contribution is 2.40. The lowest BCUT2D eigenvalue weighted by atomic mass is 10.1. The topological polar surface area (TPSA) is 17.8 Å². The molecule has 0 spiro atoms. The Hall–Kier alpha value is -0.930. The Bertz CT molecular complexity index is 269. The molecule has 0 aliphatic heterocycles. The fraction of sp³-hybridized carbons (Fsp3) is 0.667. The molecule has 1 aromatic heterocycles. The molecule has 1 aromatic rings. The molecule has 2 rings (SSSR count). The van der Waals surface area contributed by atoms with Gasteiger partial charge in [-0.05, 0) is 18.9 Å². The third kappa shape index (κ3) is 1.71. The van der Waals surface area contributed by atoms with E-state index in [1.54, 1.807) is 23.1 Å². The van der Waals surface area contributed by atoms with Crippen LogP contribution >= 0.6 is 0 Å². The van der Waals surface area contributed by atoms with E-state index in [1.807, 2.05) is 0 Å². The predicted octanol–water partition coefficient (Wildman–Crippen LogP) is 2.32. The maximum Gasteiger partial charge on any atom is 0.252 e. The Balaban J connectivity index is 2.02. The first-order chi connectivity index (χ1) is 6.18. The molecule has 1 atom stereocenters. The number of hydrogen-bond donors (Lipinski definition) is 0. The van der Waals surface area contributed by atoms with Gasteiger partial charge in [0.15, 0.2) is 0 Å². The second-order valence-corrected chi connectivity index (χ2v) is 3.58. The van der Waals surface area contributed by atoms with Crippen LogP contribution in [0.25, 0.3) is 0 Å². The summed E-state index contributed by atoms with van der Waals surface area (Å²) >= 11 is 0. The second kappa shape index (κ2) is 3.09. The lowest BCUT2D eigenvalue weighted by Gasteiger charge is -2.18. The van der Waals surface area contributed by atoms with Crippen LogP contribution in [-0.4, -0.2) is 15.7 Å². The van der Waals surface area contributed by atoms with Gasteiger partial charge in [0, 0.05) is 31.3 Å². The summed E-state index contributed by atoms with van der Waals surface area (Å²) in [4.78, 5) is 0. The number of hydrogen-bond acceptors (Lipinski definition) is 1. The molecular weight excluding hydrogens is 174 g/mol. The summed E-state index contributed by atoms with van der Waals surface area (Å²) in [5.74, 6) is -3.00. The van der Waals surface area contributed by atoms with Gasteiger partial charge in [0.25, 0.3) is 5.92 Å². The van der Waals surface area contributed by atoms with Gasteiger partial charge in [-0.1, -0.05) is 0 Å². The van der Waals surface area contributed by atoms with Crippen molar-refractivity contribution in [3.8, 4) is 0 Å². The number of halogens is 2. The zero-order valence-corrected chi connectivity index (χ0v) is 7.29. The van der Waals surface area contributed by atoms with Gasteiger partial charge in [-0.2, -0.15) is 5.10 Å². The lowest BCUT2D eigenvalue weighted by molar-refractivity contribution is -0.0432. The summed E-state index contributed by atoms with van der Waals surface area (Å²) in [5, 5.41) is 3.93. The molecule has 1 fully saturated rings. The van der Waals surface area contributed by atoms with Crippen LogP contribution in [0.2, 0.25) is 0 Å². The summed E-state index contributed by atoms with van der Waals surface area (Å²) < 4.78 is 27.9. The fourth-order valence-electron chi connectivity index (χ4n) is 1.86. The maximum atomic E-state index is 13.2. The zero-order chi connectivity index (χ0) is 9.31. The molecule has 1 heterocycles. The summed E-state index contributed by atoms with van der Waals surface area (Å²) in [7, 11) is 0. The Labute approximate surface area is 75.6 Å². The molecule has 1 unspecified atom stereocenters. The summed E-state index contributed by atoms with van der Waals surface area (Å²) in [6.07, 6.45) is 4.65. The average molecular weight is 186 g/mol. The van der Waals surface area contributed by atoms with Gasteiger partial charge in [0.05, 0.1) is 0 Å². The first kappa shape index (κ1) is 8.66. The van der Waals surface area contributed by atoms with E-state index in [1.165, 1.54) is 0 Å². The molecule has 13 heavy (non-hydrogen) atoms. The molecule has 0 bridgehead atoms. The standard InChI is InChI=1S/C9H12F2N2/c10-9(11)4-1-3-8(9)7-13-6-2-5-12-13/h2,5-6,8H,1,3-4,7H2. The van der Waals surface area contributed by atoms with Crippen LogP contribution in [0.4, 0.5) is 8.78 Å². The van der Waals surface area contributed by atoms with E-state index in [2.05, 4.69) is 5.10 Å². The summed E-state index contributed by atoms with van der Waals surface area (Å²) in [6, 6.07) is 1.76. The summed E-state index contributed by atoms with van der Waals surface area (Å²) in [5.41, 5.74) is 0. The van der Waals surface area contributed by atoms with Crippen molar-refractivity contribution in [2.45, 2.75) is 31.7 Å². The number of nitrogens with zero attached hydrogens (tertiary/aromatic N) is 2. The van der Waals surface area contributed by atoms with Gasteiger partial charge in [-0.25, -0.2) is 8.78 Å². The fourth-order valence-corrected chi connectivity index (χ4v) is 1.86. The van der Waals surface area contributed by atoms with Crippen LogP contribution in [0.3, 0.4) is 0 Å². The normalized spacial score (nSPS) is 26.5. The van der Waals surface area contributed by atoms with E-state index in [9.17, 15) is 8.78 Å². The maximum absolute atomic E-state index is 13.2. The van der Waals surface area contributed by atoms with Crippen molar-refractivity contribution in [2.24, 2.45) is 5.92 Å². The minimum absolute atomic E-state index is 0.0406. The molecule has 0 aromatic carbocycles. The van der Waals surface area contributed by atoms with Crippen LogP contribution < -0.4 is 0 Å². The van der Waals surface area contributed by atoms with Crippen LogP contribution in [-0.2, 0) is 6.54 Å². The highest BCUT2D eigenvalue weighted by molar-refractivity contribution is 4.86. The quantitative estimate of drug-likeness (QED) is 0.693. The number of rotatable bonds is 2. The Morgan fingerprint density at radius 2 is 2.38 bits per heavy atom. The highest BCUT2D eigenvalue weighted by atomic mass is 19.3. The van der Waals surface area contributed by atoms with E-state index in [0.29, 0.717) is 19.4 Å². The minimum atomic E-state index is -2.48. The molecule has 1 aliphatic rings. The Kier molecular flexibility index (Phi) is 2.06. The molecule has 2 nitrogen and oxygen atoms in total. The predicted molar refractivity (Wildman–Crippen MR) is 44.5 cm³/mol. The number of alkyl halides is 2. The minimum Gasteiger partial charge on any atom is -0.272 e. The molecule has 4 heteroatoms. The van der Waals surface area contributed by atoms with Crippen LogP contribution in [0.5, 0.6) is 0 Å². The van der Waals surface area contributed by atoms with Crippen molar-refractivity contribution in [3.63, 3.8) is 0 Å². The molecule has 0 amide bonds. The smallest absolute Gasteiger partial charge is 0.252 e. The van der Waals surface area contributed by atoms with Crippen LogP contribution in [0.15, 0.2) is 18.5 Å². The third-order valence-corrected chi connectivity index (χ3v) is 2.63. The highest BCUT2D eigenvalue weighted by Gasteiger charge is 2.43. The number of aromatic nitrogens is 2. The third-order valence-electron chi connectivity index (χ3n) is 2.63. The first-order valence-electron chi connectivity index (χ1n) is 4.54. The molecule has 1 aliphatic carbocycles. The second-order valence-electron chi connectivity index (χ2n) is 3.58. The van der Waals surface area contributed by atoms with E-state index in [-0.39, 0.29) is 6.42 Å². The SMILES string of the molecule is FC1(F)CCCC1Cn1cccn1. The molecule has 1 saturated carbocycles. The molecule has 0 radical (unpaired) electrons. The molecule has 0 N–H and O–H groups in total. The van der Waals surface area contributed by atoms with Crippen molar-refractivity contribution < 1.29 is 8.78 Å². The first-order valence-corrected chi connectivity index (χ1v) is 4.54. The van der Waals surface area contributed by atoms with Crippen molar-refractivity contribution in [1.29, 1.82) is 0 Å². The average Bonchev–Trinajstić information content (AvgIpc) is 2.63. The van der Waals surface area contributed by atoms with Gasteiger partial charge in [0.1, 0.15) is 0 Å². The Morgan fingerprint density at radius 1 is 1.54 bits per heavy atom. The van der Waals surface area contributed by atoms with Crippen LogP contribution in [0, 0.1) is 5.92 Å².